The Labute approximate surface area is 142 Å². The summed E-state index contributed by atoms with van der Waals surface area (Å²) in [6.45, 7) is 8.56. The van der Waals surface area contributed by atoms with Gasteiger partial charge in [-0.15, -0.1) is 0 Å². The predicted octanol–water partition coefficient (Wildman–Crippen LogP) is 3.87. The molecule has 0 spiro atoms. The quantitative estimate of drug-likeness (QED) is 0.475. The molecule has 1 aromatic heterocycles. The average molecular weight is 370 g/mol. The molecular weight excluding hydrogens is 342 g/mol. The standard InChI is InChI=1S/C17H28BrN3O/c1-3-5-11-21(12-6-4-2)13-7-10-19-17(22)15-8-9-16(18)20-14-15/h8-9,14H,3-7,10-13H2,1-2H3,(H,19,22). The molecule has 22 heavy (non-hydrogen) atoms. The molecule has 0 unspecified atom stereocenters. The summed E-state index contributed by atoms with van der Waals surface area (Å²) < 4.78 is 0.742. The number of nitrogens with one attached hydrogen (secondary N) is 1. The predicted molar refractivity (Wildman–Crippen MR) is 95.1 cm³/mol. The first-order valence-electron chi connectivity index (χ1n) is 8.29. The molecule has 0 aliphatic heterocycles. The molecule has 4 nitrogen and oxygen atoms in total. The minimum absolute atomic E-state index is 0.0475. The third-order valence-corrected chi connectivity index (χ3v) is 4.05. The van der Waals surface area contributed by atoms with E-state index in [9.17, 15) is 4.79 Å². The van der Waals surface area contributed by atoms with Crippen molar-refractivity contribution in [2.75, 3.05) is 26.2 Å². The Kier molecular flexibility index (Phi) is 10.1. The van der Waals surface area contributed by atoms with E-state index in [2.05, 4.69) is 45.0 Å². The van der Waals surface area contributed by atoms with E-state index in [1.54, 1.807) is 18.3 Å². The molecule has 1 rings (SSSR count). The van der Waals surface area contributed by atoms with Crippen LogP contribution in [-0.2, 0) is 0 Å². The van der Waals surface area contributed by atoms with Gasteiger partial charge in [0.25, 0.3) is 5.91 Å². The normalized spacial score (nSPS) is 10.9. The van der Waals surface area contributed by atoms with E-state index < -0.39 is 0 Å². The number of hydrogen-bond acceptors (Lipinski definition) is 3. The number of pyridine rings is 1. The Balaban J connectivity index is 2.26. The minimum Gasteiger partial charge on any atom is -0.352 e. The SMILES string of the molecule is CCCCN(CCCC)CCCNC(=O)c1ccc(Br)nc1. The number of nitrogens with zero attached hydrogens (tertiary/aromatic N) is 2. The molecular formula is C17H28BrN3O. The number of aromatic nitrogens is 1. The van der Waals surface area contributed by atoms with E-state index in [-0.39, 0.29) is 5.91 Å². The van der Waals surface area contributed by atoms with Crippen LogP contribution in [-0.4, -0.2) is 42.0 Å². The van der Waals surface area contributed by atoms with Gasteiger partial charge in [-0.2, -0.15) is 0 Å². The fraction of sp³-hybridized carbons (Fsp3) is 0.647. The van der Waals surface area contributed by atoms with Gasteiger partial charge in [-0.3, -0.25) is 4.79 Å². The maximum absolute atomic E-state index is 12.0. The lowest BCUT2D eigenvalue weighted by Crippen LogP contribution is -2.31. The lowest BCUT2D eigenvalue weighted by atomic mass is 10.2. The van der Waals surface area contributed by atoms with Gasteiger partial charge in [0.1, 0.15) is 4.60 Å². The lowest BCUT2D eigenvalue weighted by Gasteiger charge is -2.21. The second-order valence-electron chi connectivity index (χ2n) is 5.53. The summed E-state index contributed by atoms with van der Waals surface area (Å²) in [6, 6.07) is 3.56. The Morgan fingerprint density at radius 2 is 1.77 bits per heavy atom. The number of unbranched alkanes of at least 4 members (excludes halogenated alkanes) is 2. The molecule has 0 aliphatic carbocycles. The Morgan fingerprint density at radius 3 is 2.32 bits per heavy atom. The number of amides is 1. The zero-order valence-electron chi connectivity index (χ0n) is 13.8. The van der Waals surface area contributed by atoms with E-state index in [4.69, 9.17) is 0 Å². The first-order chi connectivity index (χ1) is 10.7. The fourth-order valence-corrected chi connectivity index (χ4v) is 2.45. The van der Waals surface area contributed by atoms with Crippen LogP contribution in [0.3, 0.4) is 0 Å². The van der Waals surface area contributed by atoms with Crippen molar-refractivity contribution in [2.45, 2.75) is 46.0 Å². The van der Waals surface area contributed by atoms with Crippen LogP contribution in [0.5, 0.6) is 0 Å². The average Bonchev–Trinajstić information content (AvgIpc) is 2.53. The summed E-state index contributed by atoms with van der Waals surface area (Å²) in [5.41, 5.74) is 0.608. The summed E-state index contributed by atoms with van der Waals surface area (Å²) in [4.78, 5) is 18.6. The maximum Gasteiger partial charge on any atom is 0.252 e. The first-order valence-corrected chi connectivity index (χ1v) is 9.08. The zero-order chi connectivity index (χ0) is 16.2. The van der Waals surface area contributed by atoms with Crippen LogP contribution in [0.4, 0.5) is 0 Å². The van der Waals surface area contributed by atoms with E-state index in [0.717, 1.165) is 17.6 Å². The highest BCUT2D eigenvalue weighted by atomic mass is 79.9. The summed E-state index contributed by atoms with van der Waals surface area (Å²) in [6.07, 6.45) is 7.55. The smallest absolute Gasteiger partial charge is 0.252 e. The summed E-state index contributed by atoms with van der Waals surface area (Å²) >= 11 is 3.27. The Bertz CT molecular complexity index is 414. The molecule has 5 heteroatoms. The number of halogens is 1. The summed E-state index contributed by atoms with van der Waals surface area (Å²) in [5, 5.41) is 2.97. The van der Waals surface area contributed by atoms with E-state index in [0.29, 0.717) is 12.1 Å². The van der Waals surface area contributed by atoms with Gasteiger partial charge in [0.15, 0.2) is 0 Å². The molecule has 0 aromatic carbocycles. The third kappa shape index (κ3) is 7.90. The van der Waals surface area contributed by atoms with Crippen molar-refractivity contribution in [1.82, 2.24) is 15.2 Å². The van der Waals surface area contributed by atoms with Crippen molar-refractivity contribution in [1.29, 1.82) is 0 Å². The van der Waals surface area contributed by atoms with Gasteiger partial charge in [0.05, 0.1) is 5.56 Å². The third-order valence-electron chi connectivity index (χ3n) is 3.58. The van der Waals surface area contributed by atoms with Gasteiger partial charge >= 0.3 is 0 Å². The van der Waals surface area contributed by atoms with Gasteiger partial charge < -0.3 is 10.2 Å². The number of carbonyl (C=O) groups is 1. The van der Waals surface area contributed by atoms with E-state index >= 15 is 0 Å². The lowest BCUT2D eigenvalue weighted by molar-refractivity contribution is 0.0951. The van der Waals surface area contributed by atoms with Crippen molar-refractivity contribution in [3.8, 4) is 0 Å². The molecule has 0 radical (unpaired) electrons. The van der Waals surface area contributed by atoms with Crippen LogP contribution in [0.25, 0.3) is 0 Å². The van der Waals surface area contributed by atoms with Gasteiger partial charge in [-0.05, 0) is 67.0 Å². The van der Waals surface area contributed by atoms with Gasteiger partial charge in [-0.25, -0.2) is 4.98 Å². The van der Waals surface area contributed by atoms with E-state index in [1.807, 2.05) is 0 Å². The number of rotatable bonds is 11. The van der Waals surface area contributed by atoms with Crippen molar-refractivity contribution in [2.24, 2.45) is 0 Å². The highest BCUT2D eigenvalue weighted by molar-refractivity contribution is 9.10. The van der Waals surface area contributed by atoms with Crippen LogP contribution in [0, 0.1) is 0 Å². The minimum atomic E-state index is -0.0475. The topological polar surface area (TPSA) is 45.2 Å². The highest BCUT2D eigenvalue weighted by Gasteiger charge is 2.07. The van der Waals surface area contributed by atoms with Crippen molar-refractivity contribution >= 4 is 21.8 Å². The molecule has 1 amide bonds. The second kappa shape index (κ2) is 11.6. The van der Waals surface area contributed by atoms with Gasteiger partial charge in [-0.1, -0.05) is 26.7 Å². The van der Waals surface area contributed by atoms with Crippen LogP contribution < -0.4 is 5.32 Å². The fourth-order valence-electron chi connectivity index (χ4n) is 2.22. The van der Waals surface area contributed by atoms with Crippen molar-refractivity contribution in [3.63, 3.8) is 0 Å². The molecule has 0 atom stereocenters. The molecule has 0 saturated heterocycles. The molecule has 1 aromatic rings. The van der Waals surface area contributed by atoms with Crippen LogP contribution in [0.2, 0.25) is 0 Å². The summed E-state index contributed by atoms with van der Waals surface area (Å²) in [5.74, 6) is -0.0475. The summed E-state index contributed by atoms with van der Waals surface area (Å²) in [7, 11) is 0. The van der Waals surface area contributed by atoms with Crippen LogP contribution >= 0.6 is 15.9 Å². The van der Waals surface area contributed by atoms with Crippen LogP contribution in [0.1, 0.15) is 56.3 Å². The Hall–Kier alpha value is -0.940. The molecule has 0 fully saturated rings. The van der Waals surface area contributed by atoms with E-state index in [1.165, 1.54) is 38.8 Å². The van der Waals surface area contributed by atoms with Crippen LogP contribution in [0.15, 0.2) is 22.9 Å². The van der Waals surface area contributed by atoms with Crippen molar-refractivity contribution in [3.05, 3.63) is 28.5 Å². The highest BCUT2D eigenvalue weighted by Crippen LogP contribution is 2.06. The monoisotopic (exact) mass is 369 g/mol. The molecule has 1 N–H and O–H groups in total. The second-order valence-corrected chi connectivity index (χ2v) is 6.34. The van der Waals surface area contributed by atoms with Crippen molar-refractivity contribution < 1.29 is 4.79 Å². The molecule has 1 heterocycles. The zero-order valence-corrected chi connectivity index (χ0v) is 15.4. The number of carbonyl (C=O) groups excluding carboxylic acids is 1. The first kappa shape index (κ1) is 19.1. The maximum atomic E-state index is 12.0. The largest absolute Gasteiger partial charge is 0.352 e. The molecule has 0 bridgehead atoms. The molecule has 124 valence electrons. The molecule has 0 saturated carbocycles. The Morgan fingerprint density at radius 1 is 1.14 bits per heavy atom. The van der Waals surface area contributed by atoms with Gasteiger partial charge in [0.2, 0.25) is 0 Å². The number of hydrogen-bond donors (Lipinski definition) is 1. The molecule has 0 aliphatic rings. The van der Waals surface area contributed by atoms with Gasteiger partial charge in [0, 0.05) is 12.7 Å².